The van der Waals surface area contributed by atoms with Crippen molar-refractivity contribution in [2.75, 3.05) is 0 Å². The van der Waals surface area contributed by atoms with Crippen LogP contribution in [0.3, 0.4) is 0 Å². The highest BCUT2D eigenvalue weighted by Gasteiger charge is 2.10. The highest BCUT2D eigenvalue weighted by molar-refractivity contribution is 5.46. The van der Waals surface area contributed by atoms with E-state index in [0.717, 1.165) is 11.3 Å². The number of hydrogen-bond donors (Lipinski definition) is 1. The first-order valence-electron chi connectivity index (χ1n) is 4.74. The first kappa shape index (κ1) is 9.86. The van der Waals surface area contributed by atoms with Crippen molar-refractivity contribution in [3.05, 3.63) is 35.9 Å². The van der Waals surface area contributed by atoms with Gasteiger partial charge < -0.3 is 9.52 Å². The minimum absolute atomic E-state index is 0.543. The monoisotopic (exact) mass is 204 g/mol. The molecule has 0 saturated heterocycles. The number of hydrogen-bond acceptors (Lipinski definition) is 4. The van der Waals surface area contributed by atoms with Gasteiger partial charge in [0, 0.05) is 17.5 Å². The van der Waals surface area contributed by atoms with Crippen LogP contribution in [0, 0.1) is 6.92 Å². The van der Waals surface area contributed by atoms with E-state index in [4.69, 9.17) is 4.42 Å². The Morgan fingerprint density at radius 2 is 2.27 bits per heavy atom. The molecule has 0 aliphatic rings. The average molecular weight is 204 g/mol. The fraction of sp³-hybridized carbons (Fsp3) is 0.273. The zero-order chi connectivity index (χ0) is 10.8. The predicted molar refractivity (Wildman–Crippen MR) is 55.1 cm³/mol. The smallest absolute Gasteiger partial charge is 0.195 e. The Labute approximate surface area is 87.6 Å². The fourth-order valence-corrected chi connectivity index (χ4v) is 1.41. The van der Waals surface area contributed by atoms with Crippen LogP contribution in [-0.4, -0.2) is 15.1 Å². The molecule has 1 atom stereocenters. The molecular weight excluding hydrogens is 192 g/mol. The lowest BCUT2D eigenvalue weighted by molar-refractivity contribution is 0.197. The molecule has 0 spiro atoms. The number of nitrogens with zero attached hydrogens (tertiary/aromatic N) is 2. The van der Waals surface area contributed by atoms with Crippen LogP contribution in [-0.2, 0) is 0 Å². The molecule has 0 fully saturated rings. The van der Waals surface area contributed by atoms with E-state index in [-0.39, 0.29) is 0 Å². The molecule has 0 radical (unpaired) electrons. The van der Waals surface area contributed by atoms with Gasteiger partial charge in [-0.25, -0.2) is 9.97 Å². The van der Waals surface area contributed by atoms with Crippen molar-refractivity contribution < 1.29 is 9.52 Å². The van der Waals surface area contributed by atoms with Crippen LogP contribution in [0.5, 0.6) is 0 Å². The van der Waals surface area contributed by atoms with Gasteiger partial charge in [0.25, 0.3) is 0 Å². The van der Waals surface area contributed by atoms with Gasteiger partial charge in [-0.2, -0.15) is 0 Å². The Bertz CT molecular complexity index is 450. The van der Waals surface area contributed by atoms with Crippen LogP contribution in [0.1, 0.15) is 24.3 Å². The van der Waals surface area contributed by atoms with Gasteiger partial charge in [0.1, 0.15) is 0 Å². The summed E-state index contributed by atoms with van der Waals surface area (Å²) in [4.78, 5) is 8.41. The van der Waals surface area contributed by atoms with E-state index in [1.165, 1.54) is 0 Å². The number of aromatic nitrogens is 2. The van der Waals surface area contributed by atoms with E-state index in [1.54, 1.807) is 31.5 Å². The lowest BCUT2D eigenvalue weighted by Gasteiger charge is -2.07. The van der Waals surface area contributed by atoms with E-state index in [9.17, 15) is 5.11 Å². The summed E-state index contributed by atoms with van der Waals surface area (Å²) in [7, 11) is 0. The molecule has 4 heteroatoms. The highest BCUT2D eigenvalue weighted by atomic mass is 16.3. The van der Waals surface area contributed by atoms with Gasteiger partial charge in [-0.3, -0.25) is 0 Å². The predicted octanol–water partition coefficient (Wildman–Crippen LogP) is 2.10. The van der Waals surface area contributed by atoms with Crippen molar-refractivity contribution in [2.45, 2.75) is 20.0 Å². The average Bonchev–Trinajstić information content (AvgIpc) is 2.69. The topological polar surface area (TPSA) is 59.2 Å². The molecule has 15 heavy (non-hydrogen) atoms. The molecule has 0 aliphatic carbocycles. The summed E-state index contributed by atoms with van der Waals surface area (Å²) in [5, 5.41) is 9.42. The maximum absolute atomic E-state index is 9.42. The van der Waals surface area contributed by atoms with Crippen LogP contribution in [0.25, 0.3) is 11.6 Å². The second kappa shape index (κ2) is 3.82. The van der Waals surface area contributed by atoms with E-state index in [2.05, 4.69) is 9.97 Å². The van der Waals surface area contributed by atoms with Gasteiger partial charge in [-0.05, 0) is 26.0 Å². The maximum atomic E-state index is 9.42. The molecule has 1 unspecified atom stereocenters. The third-order valence-electron chi connectivity index (χ3n) is 2.21. The third-order valence-corrected chi connectivity index (χ3v) is 2.21. The van der Waals surface area contributed by atoms with Crippen LogP contribution >= 0.6 is 0 Å². The number of aliphatic hydroxyl groups excluding tert-OH is 1. The van der Waals surface area contributed by atoms with Crippen molar-refractivity contribution in [2.24, 2.45) is 0 Å². The van der Waals surface area contributed by atoms with E-state index >= 15 is 0 Å². The standard InChI is InChI=1S/C11H12N2O2/c1-7-9(8(2)14)6-12-11(13-7)10-4-3-5-15-10/h3-6,8,14H,1-2H3. The summed E-state index contributed by atoms with van der Waals surface area (Å²) < 4.78 is 5.19. The van der Waals surface area contributed by atoms with Crippen molar-refractivity contribution in [3.8, 4) is 11.6 Å². The highest BCUT2D eigenvalue weighted by Crippen LogP contribution is 2.19. The molecule has 0 aliphatic heterocycles. The molecule has 2 aromatic heterocycles. The molecule has 2 rings (SSSR count). The molecule has 1 N–H and O–H groups in total. The van der Waals surface area contributed by atoms with E-state index in [0.29, 0.717) is 11.6 Å². The normalized spacial score (nSPS) is 12.7. The molecular formula is C11H12N2O2. The molecule has 4 nitrogen and oxygen atoms in total. The van der Waals surface area contributed by atoms with Gasteiger partial charge in [0.05, 0.1) is 12.4 Å². The Morgan fingerprint density at radius 1 is 1.47 bits per heavy atom. The Morgan fingerprint density at radius 3 is 2.80 bits per heavy atom. The Hall–Kier alpha value is -1.68. The van der Waals surface area contributed by atoms with Crippen molar-refractivity contribution in [1.82, 2.24) is 9.97 Å². The SMILES string of the molecule is Cc1nc(-c2ccco2)ncc1C(C)O. The zero-order valence-electron chi connectivity index (χ0n) is 8.64. The first-order valence-corrected chi connectivity index (χ1v) is 4.74. The Kier molecular flexibility index (Phi) is 2.51. The largest absolute Gasteiger partial charge is 0.461 e. The van der Waals surface area contributed by atoms with Gasteiger partial charge in [0.2, 0.25) is 0 Å². The number of rotatable bonds is 2. The van der Waals surface area contributed by atoms with Gasteiger partial charge >= 0.3 is 0 Å². The van der Waals surface area contributed by atoms with Gasteiger partial charge in [-0.1, -0.05) is 0 Å². The fourth-order valence-electron chi connectivity index (χ4n) is 1.41. The van der Waals surface area contributed by atoms with Crippen molar-refractivity contribution in [1.29, 1.82) is 0 Å². The molecule has 0 bridgehead atoms. The summed E-state index contributed by atoms with van der Waals surface area (Å²) >= 11 is 0. The van der Waals surface area contributed by atoms with E-state index in [1.807, 2.05) is 6.92 Å². The van der Waals surface area contributed by atoms with Crippen LogP contribution in [0.15, 0.2) is 29.0 Å². The summed E-state index contributed by atoms with van der Waals surface area (Å²) in [6, 6.07) is 3.59. The third kappa shape index (κ3) is 1.89. The maximum Gasteiger partial charge on any atom is 0.195 e. The molecule has 2 heterocycles. The van der Waals surface area contributed by atoms with Gasteiger partial charge in [-0.15, -0.1) is 0 Å². The lowest BCUT2D eigenvalue weighted by atomic mass is 10.1. The molecule has 0 aromatic carbocycles. The summed E-state index contributed by atoms with van der Waals surface area (Å²) in [5.74, 6) is 1.18. The molecule has 0 amide bonds. The molecule has 2 aromatic rings. The van der Waals surface area contributed by atoms with E-state index < -0.39 is 6.10 Å². The zero-order valence-corrected chi connectivity index (χ0v) is 8.64. The number of aryl methyl sites for hydroxylation is 1. The second-order valence-electron chi connectivity index (χ2n) is 3.39. The van der Waals surface area contributed by atoms with Crippen LogP contribution < -0.4 is 0 Å². The van der Waals surface area contributed by atoms with Crippen LogP contribution in [0.2, 0.25) is 0 Å². The van der Waals surface area contributed by atoms with Crippen molar-refractivity contribution in [3.63, 3.8) is 0 Å². The van der Waals surface area contributed by atoms with Crippen LogP contribution in [0.4, 0.5) is 0 Å². The summed E-state index contributed by atoms with van der Waals surface area (Å²) in [6.07, 6.45) is 2.66. The summed E-state index contributed by atoms with van der Waals surface area (Å²) in [5.41, 5.74) is 1.51. The molecule has 78 valence electrons. The second-order valence-corrected chi connectivity index (χ2v) is 3.39. The number of furan rings is 1. The molecule has 0 saturated carbocycles. The Balaban J connectivity index is 2.42. The number of aliphatic hydroxyl groups is 1. The first-order chi connectivity index (χ1) is 7.18. The quantitative estimate of drug-likeness (QED) is 0.813. The van der Waals surface area contributed by atoms with Crippen molar-refractivity contribution >= 4 is 0 Å². The minimum Gasteiger partial charge on any atom is -0.461 e. The van der Waals surface area contributed by atoms with Gasteiger partial charge in [0.15, 0.2) is 11.6 Å². The minimum atomic E-state index is -0.546. The summed E-state index contributed by atoms with van der Waals surface area (Å²) in [6.45, 7) is 3.54. The lowest BCUT2D eigenvalue weighted by Crippen LogP contribution is -2.00.